The Balaban J connectivity index is 2.92. The zero-order chi connectivity index (χ0) is 27.3. The first-order valence-electron chi connectivity index (χ1n) is 12.5. The first-order valence-corrected chi connectivity index (χ1v) is 12.5. The molecular formula is C27H43N3O6. The zero-order valence-electron chi connectivity index (χ0n) is 22.6. The lowest BCUT2D eigenvalue weighted by molar-refractivity contribution is -0.133. The second-order valence-corrected chi connectivity index (χ2v) is 10.8. The summed E-state index contributed by atoms with van der Waals surface area (Å²) >= 11 is 0. The first-order chi connectivity index (χ1) is 16.8. The standard InChI is InChI=1S/C27H43N3O6/c1-18(2)13-21(15-31)28-24(32)22(14-19(3)4)29-25(33)23(17-36-27(5,6)7)30-26(34)35-16-20-11-9-8-10-12-20/h8-12,15,18-19,21-23H,13-14,16-17H2,1-7H3,(H,28,32)(H,29,33)(H,30,34)/t21-,22-,23+/m1/s1. The van der Waals surface area contributed by atoms with Gasteiger partial charge in [-0.25, -0.2) is 4.79 Å². The van der Waals surface area contributed by atoms with Gasteiger partial charge in [0.25, 0.3) is 0 Å². The molecule has 3 amide bonds. The summed E-state index contributed by atoms with van der Waals surface area (Å²) < 4.78 is 11.0. The Hall–Kier alpha value is -2.94. The van der Waals surface area contributed by atoms with Crippen molar-refractivity contribution >= 4 is 24.2 Å². The number of ether oxygens (including phenoxy) is 2. The van der Waals surface area contributed by atoms with Crippen molar-refractivity contribution in [2.24, 2.45) is 11.8 Å². The van der Waals surface area contributed by atoms with E-state index in [4.69, 9.17) is 9.47 Å². The van der Waals surface area contributed by atoms with Gasteiger partial charge in [0.15, 0.2) is 0 Å². The second-order valence-electron chi connectivity index (χ2n) is 10.8. The van der Waals surface area contributed by atoms with Crippen LogP contribution in [0, 0.1) is 11.8 Å². The molecule has 0 radical (unpaired) electrons. The molecule has 0 heterocycles. The van der Waals surface area contributed by atoms with Gasteiger partial charge >= 0.3 is 6.09 Å². The molecule has 0 unspecified atom stereocenters. The normalized spacial score (nSPS) is 14.0. The molecule has 0 saturated carbocycles. The highest BCUT2D eigenvalue weighted by atomic mass is 16.5. The molecule has 0 aliphatic carbocycles. The summed E-state index contributed by atoms with van der Waals surface area (Å²) in [7, 11) is 0. The molecule has 0 aliphatic heterocycles. The minimum absolute atomic E-state index is 0.0441. The number of aldehydes is 1. The van der Waals surface area contributed by atoms with Gasteiger partial charge in [0.05, 0.1) is 18.2 Å². The van der Waals surface area contributed by atoms with E-state index in [-0.39, 0.29) is 25.0 Å². The summed E-state index contributed by atoms with van der Waals surface area (Å²) in [6.07, 6.45) is 0.778. The fraction of sp³-hybridized carbons (Fsp3) is 0.630. The third-order valence-electron chi connectivity index (χ3n) is 5.06. The summed E-state index contributed by atoms with van der Waals surface area (Å²) in [4.78, 5) is 50.0. The summed E-state index contributed by atoms with van der Waals surface area (Å²) in [5.41, 5.74) is 0.246. The highest BCUT2D eigenvalue weighted by molar-refractivity contribution is 5.92. The number of amides is 3. The SMILES string of the molecule is CC(C)C[C@H](C=O)NC(=O)[C@@H](CC(C)C)NC(=O)[C@H](COC(C)(C)C)NC(=O)OCc1ccccc1. The van der Waals surface area contributed by atoms with Crippen LogP contribution in [0.15, 0.2) is 30.3 Å². The van der Waals surface area contributed by atoms with Gasteiger partial charge in [-0.15, -0.1) is 0 Å². The Bertz CT molecular complexity index is 836. The van der Waals surface area contributed by atoms with E-state index in [1.165, 1.54) is 0 Å². The Morgan fingerprint density at radius 3 is 1.97 bits per heavy atom. The average Bonchev–Trinajstić information content (AvgIpc) is 2.78. The van der Waals surface area contributed by atoms with Gasteiger partial charge < -0.3 is 30.2 Å². The van der Waals surface area contributed by atoms with Crippen molar-refractivity contribution < 1.29 is 28.7 Å². The minimum Gasteiger partial charge on any atom is -0.445 e. The number of nitrogens with one attached hydrogen (secondary N) is 3. The molecule has 0 aliphatic rings. The van der Waals surface area contributed by atoms with Gasteiger partial charge in [-0.1, -0.05) is 58.0 Å². The topological polar surface area (TPSA) is 123 Å². The average molecular weight is 506 g/mol. The van der Waals surface area contributed by atoms with Crippen molar-refractivity contribution in [1.29, 1.82) is 0 Å². The lowest BCUT2D eigenvalue weighted by Gasteiger charge is -2.27. The van der Waals surface area contributed by atoms with Crippen molar-refractivity contribution in [2.75, 3.05) is 6.61 Å². The van der Waals surface area contributed by atoms with E-state index in [9.17, 15) is 19.2 Å². The number of carbonyl (C=O) groups is 4. The maximum atomic E-state index is 13.2. The monoisotopic (exact) mass is 505 g/mol. The van der Waals surface area contributed by atoms with Crippen molar-refractivity contribution in [2.45, 2.75) is 91.6 Å². The molecule has 0 spiro atoms. The molecular weight excluding hydrogens is 462 g/mol. The van der Waals surface area contributed by atoms with Gasteiger partial charge in [0.1, 0.15) is 25.0 Å². The fourth-order valence-corrected chi connectivity index (χ4v) is 3.34. The Kier molecular flexibility index (Phi) is 13.2. The van der Waals surface area contributed by atoms with Crippen LogP contribution in [-0.4, -0.2) is 54.5 Å². The fourth-order valence-electron chi connectivity index (χ4n) is 3.34. The van der Waals surface area contributed by atoms with Crippen molar-refractivity contribution in [3.63, 3.8) is 0 Å². The molecule has 9 nitrogen and oxygen atoms in total. The quantitative estimate of drug-likeness (QED) is 0.333. The van der Waals surface area contributed by atoms with Gasteiger partial charge in [-0.3, -0.25) is 9.59 Å². The van der Waals surface area contributed by atoms with Crippen LogP contribution < -0.4 is 16.0 Å². The highest BCUT2D eigenvalue weighted by Gasteiger charge is 2.30. The summed E-state index contributed by atoms with van der Waals surface area (Å²) in [6, 6.07) is 6.55. The van der Waals surface area contributed by atoms with Crippen LogP contribution >= 0.6 is 0 Å². The predicted octanol–water partition coefficient (Wildman–Crippen LogP) is 3.36. The number of hydrogen-bond donors (Lipinski definition) is 3. The number of hydrogen-bond acceptors (Lipinski definition) is 6. The molecule has 0 aromatic heterocycles. The molecule has 3 N–H and O–H groups in total. The molecule has 0 saturated heterocycles. The van der Waals surface area contributed by atoms with E-state index in [1.807, 2.05) is 78.8 Å². The maximum absolute atomic E-state index is 13.2. The van der Waals surface area contributed by atoms with Crippen LogP contribution in [0.1, 0.15) is 66.9 Å². The smallest absolute Gasteiger partial charge is 0.408 e. The number of benzene rings is 1. The third kappa shape index (κ3) is 13.2. The Labute approximate surface area is 215 Å². The van der Waals surface area contributed by atoms with Gasteiger partial charge in [-0.05, 0) is 51.0 Å². The summed E-state index contributed by atoms with van der Waals surface area (Å²) in [5, 5.41) is 8.00. The van der Waals surface area contributed by atoms with Crippen LogP contribution in [0.4, 0.5) is 4.79 Å². The Morgan fingerprint density at radius 2 is 1.44 bits per heavy atom. The molecule has 202 valence electrons. The van der Waals surface area contributed by atoms with Gasteiger partial charge in [0.2, 0.25) is 11.8 Å². The van der Waals surface area contributed by atoms with Gasteiger partial charge in [0, 0.05) is 0 Å². The van der Waals surface area contributed by atoms with Gasteiger partial charge in [-0.2, -0.15) is 0 Å². The summed E-state index contributed by atoms with van der Waals surface area (Å²) in [5.74, 6) is -0.724. The van der Waals surface area contributed by atoms with E-state index >= 15 is 0 Å². The second kappa shape index (κ2) is 15.2. The lowest BCUT2D eigenvalue weighted by Crippen LogP contribution is -2.57. The van der Waals surface area contributed by atoms with Crippen molar-refractivity contribution in [1.82, 2.24) is 16.0 Å². The van der Waals surface area contributed by atoms with Crippen molar-refractivity contribution in [3.05, 3.63) is 35.9 Å². The Morgan fingerprint density at radius 1 is 0.861 bits per heavy atom. The van der Waals surface area contributed by atoms with Crippen LogP contribution in [0.2, 0.25) is 0 Å². The maximum Gasteiger partial charge on any atom is 0.408 e. The van der Waals surface area contributed by atoms with E-state index < -0.39 is 41.6 Å². The van der Waals surface area contributed by atoms with Crippen LogP contribution in [0.25, 0.3) is 0 Å². The van der Waals surface area contributed by atoms with E-state index in [0.29, 0.717) is 19.1 Å². The van der Waals surface area contributed by atoms with E-state index in [0.717, 1.165) is 5.56 Å². The van der Waals surface area contributed by atoms with Crippen LogP contribution in [0.3, 0.4) is 0 Å². The molecule has 1 aromatic carbocycles. The molecule has 36 heavy (non-hydrogen) atoms. The lowest BCUT2D eigenvalue weighted by atomic mass is 10.0. The van der Waals surface area contributed by atoms with Crippen molar-refractivity contribution in [3.8, 4) is 0 Å². The molecule has 0 fully saturated rings. The highest BCUT2D eigenvalue weighted by Crippen LogP contribution is 2.10. The number of carbonyl (C=O) groups excluding carboxylic acids is 4. The van der Waals surface area contributed by atoms with E-state index in [1.54, 1.807) is 0 Å². The third-order valence-corrected chi connectivity index (χ3v) is 5.06. The molecule has 1 rings (SSSR count). The van der Waals surface area contributed by atoms with Crippen LogP contribution in [-0.2, 0) is 30.5 Å². The zero-order valence-corrected chi connectivity index (χ0v) is 22.6. The first kappa shape index (κ1) is 31.1. The summed E-state index contributed by atoms with van der Waals surface area (Å²) in [6.45, 7) is 13.2. The minimum atomic E-state index is -1.09. The largest absolute Gasteiger partial charge is 0.445 e. The van der Waals surface area contributed by atoms with Crippen LogP contribution in [0.5, 0.6) is 0 Å². The molecule has 9 heteroatoms. The van der Waals surface area contributed by atoms with E-state index in [2.05, 4.69) is 16.0 Å². The molecule has 1 aromatic rings. The molecule has 0 bridgehead atoms. The molecule has 3 atom stereocenters. The number of alkyl carbamates (subject to hydrolysis) is 1. The number of rotatable bonds is 14. The predicted molar refractivity (Wildman–Crippen MR) is 138 cm³/mol.